The maximum atomic E-state index is 10.8. The second-order valence-electron chi connectivity index (χ2n) is 3.32. The third-order valence-corrected chi connectivity index (χ3v) is 3.00. The maximum absolute atomic E-state index is 10.8. The van der Waals surface area contributed by atoms with E-state index in [0.29, 0.717) is 6.04 Å². The van der Waals surface area contributed by atoms with Crippen LogP contribution in [0.3, 0.4) is 0 Å². The Kier molecular flexibility index (Phi) is 4.59. The van der Waals surface area contributed by atoms with Crippen LogP contribution in [0.1, 0.15) is 26.2 Å². The van der Waals surface area contributed by atoms with Gasteiger partial charge in [-0.1, -0.05) is 6.92 Å². The maximum Gasteiger partial charge on any atom is 0.320 e. The van der Waals surface area contributed by atoms with Gasteiger partial charge in [0.15, 0.2) is 0 Å². The first-order valence-electron chi connectivity index (χ1n) is 4.80. The number of carboxylic acid groups (broad SMARTS) is 1. The van der Waals surface area contributed by atoms with E-state index in [0.717, 1.165) is 30.8 Å². The lowest BCUT2D eigenvalue weighted by molar-refractivity contribution is -0.139. The normalized spacial score (nSPS) is 18.5. The molecule has 0 spiro atoms. The van der Waals surface area contributed by atoms with E-state index in [1.165, 1.54) is 0 Å². The molecule has 0 aromatic carbocycles. The quantitative estimate of drug-likeness (QED) is 0.613. The van der Waals surface area contributed by atoms with Gasteiger partial charge in [-0.2, -0.15) is 11.8 Å². The van der Waals surface area contributed by atoms with Crippen molar-refractivity contribution < 1.29 is 9.90 Å². The molecule has 13 heavy (non-hydrogen) atoms. The van der Waals surface area contributed by atoms with E-state index in [-0.39, 0.29) is 6.04 Å². The summed E-state index contributed by atoms with van der Waals surface area (Å²) in [5.74, 6) is 1.30. The predicted molar refractivity (Wildman–Crippen MR) is 55.2 cm³/mol. The fourth-order valence-corrected chi connectivity index (χ4v) is 1.85. The van der Waals surface area contributed by atoms with Crippen molar-refractivity contribution in [2.75, 3.05) is 11.5 Å². The summed E-state index contributed by atoms with van der Waals surface area (Å²) in [5.41, 5.74) is 0. The number of hydrogen-bond acceptors (Lipinski definition) is 3. The van der Waals surface area contributed by atoms with Gasteiger partial charge in [-0.05, 0) is 30.8 Å². The molecule has 2 N–H and O–H groups in total. The molecule has 0 heterocycles. The number of carbonyl (C=O) groups is 1. The third kappa shape index (κ3) is 4.52. The number of carboxylic acids is 1. The standard InChI is InChI=1S/C9H17NO2S/c1-2-13-6-5-8(9(11)12)10-7-3-4-7/h7-8,10H,2-6H2,1H3,(H,11,12). The van der Waals surface area contributed by atoms with Crippen molar-refractivity contribution in [1.82, 2.24) is 5.32 Å². The zero-order valence-electron chi connectivity index (χ0n) is 7.95. The zero-order valence-corrected chi connectivity index (χ0v) is 8.77. The number of nitrogens with one attached hydrogen (secondary N) is 1. The Morgan fingerprint density at radius 2 is 2.38 bits per heavy atom. The van der Waals surface area contributed by atoms with Gasteiger partial charge in [0.25, 0.3) is 0 Å². The lowest BCUT2D eigenvalue weighted by Crippen LogP contribution is -2.38. The highest BCUT2D eigenvalue weighted by atomic mass is 32.2. The van der Waals surface area contributed by atoms with E-state index in [4.69, 9.17) is 5.11 Å². The summed E-state index contributed by atoms with van der Waals surface area (Å²) >= 11 is 1.80. The third-order valence-electron chi connectivity index (χ3n) is 2.07. The SMILES string of the molecule is CCSCCC(NC1CC1)C(=O)O. The van der Waals surface area contributed by atoms with Gasteiger partial charge < -0.3 is 10.4 Å². The second kappa shape index (κ2) is 5.50. The summed E-state index contributed by atoms with van der Waals surface area (Å²) in [6.45, 7) is 2.09. The van der Waals surface area contributed by atoms with Crippen LogP contribution in [0.5, 0.6) is 0 Å². The van der Waals surface area contributed by atoms with E-state index in [1.54, 1.807) is 11.8 Å². The van der Waals surface area contributed by atoms with Crippen molar-refractivity contribution in [2.45, 2.75) is 38.3 Å². The average Bonchev–Trinajstić information content (AvgIpc) is 2.86. The fraction of sp³-hybridized carbons (Fsp3) is 0.889. The molecule has 0 saturated heterocycles. The van der Waals surface area contributed by atoms with Crippen molar-refractivity contribution in [1.29, 1.82) is 0 Å². The highest BCUT2D eigenvalue weighted by Crippen LogP contribution is 2.20. The summed E-state index contributed by atoms with van der Waals surface area (Å²) < 4.78 is 0. The minimum absolute atomic E-state index is 0.327. The molecule has 1 fully saturated rings. The molecule has 0 aliphatic heterocycles. The van der Waals surface area contributed by atoms with E-state index in [1.807, 2.05) is 0 Å². The predicted octanol–water partition coefficient (Wildman–Crippen LogP) is 1.33. The van der Waals surface area contributed by atoms with Gasteiger partial charge in [0.2, 0.25) is 0 Å². The van der Waals surface area contributed by atoms with Crippen LogP contribution in [0.15, 0.2) is 0 Å². The molecule has 3 nitrogen and oxygen atoms in total. The number of thioether (sulfide) groups is 1. The van der Waals surface area contributed by atoms with Crippen molar-refractivity contribution in [3.8, 4) is 0 Å². The van der Waals surface area contributed by atoms with Crippen LogP contribution in [0.25, 0.3) is 0 Å². The Balaban J connectivity index is 2.16. The summed E-state index contributed by atoms with van der Waals surface area (Å²) in [6.07, 6.45) is 3.03. The summed E-state index contributed by atoms with van der Waals surface area (Å²) in [5, 5.41) is 12.0. The van der Waals surface area contributed by atoms with Crippen molar-refractivity contribution in [3.05, 3.63) is 0 Å². The Labute approximate surface area is 83.3 Å². The van der Waals surface area contributed by atoms with Crippen LogP contribution in [0.4, 0.5) is 0 Å². The molecular formula is C9H17NO2S. The molecule has 1 saturated carbocycles. The van der Waals surface area contributed by atoms with E-state index >= 15 is 0 Å². The highest BCUT2D eigenvalue weighted by Gasteiger charge is 2.27. The molecule has 1 unspecified atom stereocenters. The van der Waals surface area contributed by atoms with E-state index < -0.39 is 5.97 Å². The average molecular weight is 203 g/mol. The molecule has 0 radical (unpaired) electrons. The smallest absolute Gasteiger partial charge is 0.320 e. The molecule has 76 valence electrons. The summed E-state index contributed by atoms with van der Waals surface area (Å²) in [4.78, 5) is 10.8. The first kappa shape index (κ1) is 10.9. The molecule has 0 aromatic rings. The Hall–Kier alpha value is -0.220. The Bertz CT molecular complexity index is 171. The minimum Gasteiger partial charge on any atom is -0.480 e. The van der Waals surface area contributed by atoms with Crippen LogP contribution >= 0.6 is 11.8 Å². The van der Waals surface area contributed by atoms with Crippen LogP contribution in [0, 0.1) is 0 Å². The van der Waals surface area contributed by atoms with E-state index in [2.05, 4.69) is 12.2 Å². The molecule has 0 aromatic heterocycles. The number of aliphatic carboxylic acids is 1. The van der Waals surface area contributed by atoms with Crippen LogP contribution < -0.4 is 5.32 Å². The molecule has 1 aliphatic rings. The molecule has 4 heteroatoms. The molecule has 0 bridgehead atoms. The summed E-state index contributed by atoms with van der Waals surface area (Å²) in [7, 11) is 0. The molecule has 1 atom stereocenters. The first-order valence-corrected chi connectivity index (χ1v) is 5.96. The number of rotatable bonds is 7. The zero-order chi connectivity index (χ0) is 9.68. The topological polar surface area (TPSA) is 49.3 Å². The molecule has 1 rings (SSSR count). The minimum atomic E-state index is -0.705. The van der Waals surface area contributed by atoms with E-state index in [9.17, 15) is 4.79 Å². The van der Waals surface area contributed by atoms with Gasteiger partial charge >= 0.3 is 5.97 Å². The monoisotopic (exact) mass is 203 g/mol. The van der Waals surface area contributed by atoms with Gasteiger partial charge in [-0.25, -0.2) is 0 Å². The van der Waals surface area contributed by atoms with Crippen LogP contribution in [-0.4, -0.2) is 34.7 Å². The van der Waals surface area contributed by atoms with Gasteiger partial charge in [-0.15, -0.1) is 0 Å². The first-order chi connectivity index (χ1) is 6.24. The lowest BCUT2D eigenvalue weighted by atomic mass is 10.2. The summed E-state index contributed by atoms with van der Waals surface area (Å²) in [6, 6.07) is 0.152. The molecular weight excluding hydrogens is 186 g/mol. The van der Waals surface area contributed by atoms with Gasteiger partial charge in [0, 0.05) is 6.04 Å². The van der Waals surface area contributed by atoms with Crippen molar-refractivity contribution in [3.63, 3.8) is 0 Å². The molecule has 1 aliphatic carbocycles. The van der Waals surface area contributed by atoms with Gasteiger partial charge in [0.05, 0.1) is 0 Å². The van der Waals surface area contributed by atoms with Crippen LogP contribution in [-0.2, 0) is 4.79 Å². The fourth-order valence-electron chi connectivity index (χ4n) is 1.16. The second-order valence-corrected chi connectivity index (χ2v) is 4.71. The van der Waals surface area contributed by atoms with Gasteiger partial charge in [0.1, 0.15) is 6.04 Å². The largest absolute Gasteiger partial charge is 0.480 e. The highest BCUT2D eigenvalue weighted by molar-refractivity contribution is 7.99. The Morgan fingerprint density at radius 1 is 1.69 bits per heavy atom. The number of hydrogen-bond donors (Lipinski definition) is 2. The van der Waals surface area contributed by atoms with Crippen molar-refractivity contribution in [2.24, 2.45) is 0 Å². The lowest BCUT2D eigenvalue weighted by Gasteiger charge is -2.12. The van der Waals surface area contributed by atoms with Gasteiger partial charge in [-0.3, -0.25) is 4.79 Å². The van der Waals surface area contributed by atoms with Crippen LogP contribution in [0.2, 0.25) is 0 Å². The van der Waals surface area contributed by atoms with Crippen molar-refractivity contribution >= 4 is 17.7 Å². The Morgan fingerprint density at radius 3 is 2.85 bits per heavy atom. The molecule has 0 amide bonds.